The summed E-state index contributed by atoms with van der Waals surface area (Å²) in [6.45, 7) is 2.18. The Kier molecular flexibility index (Phi) is 2.37. The summed E-state index contributed by atoms with van der Waals surface area (Å²) in [5.74, 6) is 0.121. The van der Waals surface area contributed by atoms with Crippen molar-refractivity contribution in [2.75, 3.05) is 13.6 Å². The van der Waals surface area contributed by atoms with Crippen LogP contribution in [0.1, 0.15) is 26.2 Å². The van der Waals surface area contributed by atoms with Crippen LogP contribution in [0.3, 0.4) is 0 Å². The SMILES string of the molecule is CN(CC#N)C(=O)C1(C)CCC1. The first kappa shape index (κ1) is 9.05. The van der Waals surface area contributed by atoms with Gasteiger partial charge in [0.2, 0.25) is 5.91 Å². The fourth-order valence-corrected chi connectivity index (χ4v) is 1.56. The number of amides is 1. The molecular formula is C9H14N2O. The molecule has 1 rings (SSSR count). The van der Waals surface area contributed by atoms with Crippen molar-refractivity contribution in [2.45, 2.75) is 26.2 Å². The van der Waals surface area contributed by atoms with E-state index in [2.05, 4.69) is 0 Å². The van der Waals surface area contributed by atoms with Gasteiger partial charge in [0.15, 0.2) is 0 Å². The van der Waals surface area contributed by atoms with E-state index >= 15 is 0 Å². The lowest BCUT2D eigenvalue weighted by Crippen LogP contribution is -2.44. The molecule has 0 spiro atoms. The topological polar surface area (TPSA) is 44.1 Å². The fraction of sp³-hybridized carbons (Fsp3) is 0.778. The van der Waals surface area contributed by atoms with Crippen molar-refractivity contribution in [1.29, 1.82) is 5.26 Å². The van der Waals surface area contributed by atoms with E-state index in [1.54, 1.807) is 7.05 Å². The Morgan fingerprint density at radius 2 is 2.25 bits per heavy atom. The highest BCUT2D eigenvalue weighted by molar-refractivity contribution is 5.83. The van der Waals surface area contributed by atoms with Crippen molar-refractivity contribution in [3.8, 4) is 6.07 Å². The van der Waals surface area contributed by atoms with Gasteiger partial charge in [-0.2, -0.15) is 5.26 Å². The summed E-state index contributed by atoms with van der Waals surface area (Å²) in [5.41, 5.74) is -0.161. The predicted octanol–water partition coefficient (Wildman–Crippen LogP) is 1.16. The van der Waals surface area contributed by atoms with Crippen LogP contribution in [0.4, 0.5) is 0 Å². The molecule has 0 aliphatic heterocycles. The summed E-state index contributed by atoms with van der Waals surface area (Å²) >= 11 is 0. The van der Waals surface area contributed by atoms with Crippen molar-refractivity contribution in [3.63, 3.8) is 0 Å². The minimum absolute atomic E-state index is 0.121. The van der Waals surface area contributed by atoms with E-state index in [4.69, 9.17) is 5.26 Å². The summed E-state index contributed by atoms with van der Waals surface area (Å²) < 4.78 is 0. The summed E-state index contributed by atoms with van der Waals surface area (Å²) in [7, 11) is 1.69. The van der Waals surface area contributed by atoms with Crippen LogP contribution in [0.2, 0.25) is 0 Å². The van der Waals surface area contributed by atoms with E-state index in [9.17, 15) is 4.79 Å². The normalized spacial score (nSPS) is 19.1. The average Bonchev–Trinajstić information content (AvgIpc) is 1.99. The Labute approximate surface area is 73.0 Å². The molecule has 0 unspecified atom stereocenters. The largest absolute Gasteiger partial charge is 0.332 e. The van der Waals surface area contributed by atoms with Crippen LogP contribution in [0.5, 0.6) is 0 Å². The molecule has 66 valence electrons. The van der Waals surface area contributed by atoms with E-state index < -0.39 is 0 Å². The van der Waals surface area contributed by atoms with Gasteiger partial charge < -0.3 is 4.90 Å². The fourth-order valence-electron chi connectivity index (χ4n) is 1.56. The molecule has 0 aromatic rings. The number of nitriles is 1. The molecule has 1 aliphatic carbocycles. The molecule has 3 heteroatoms. The van der Waals surface area contributed by atoms with Crippen molar-refractivity contribution in [2.24, 2.45) is 5.41 Å². The molecule has 0 heterocycles. The van der Waals surface area contributed by atoms with Crippen molar-refractivity contribution in [3.05, 3.63) is 0 Å². The zero-order valence-corrected chi connectivity index (χ0v) is 7.63. The van der Waals surface area contributed by atoms with E-state index in [0.29, 0.717) is 0 Å². The van der Waals surface area contributed by atoms with Crippen LogP contribution in [0.25, 0.3) is 0 Å². The third-order valence-corrected chi connectivity index (χ3v) is 2.63. The van der Waals surface area contributed by atoms with Gasteiger partial charge in [-0.1, -0.05) is 13.3 Å². The number of hydrogen-bond acceptors (Lipinski definition) is 2. The van der Waals surface area contributed by atoms with Gasteiger partial charge in [-0.05, 0) is 12.8 Å². The molecule has 3 nitrogen and oxygen atoms in total. The summed E-state index contributed by atoms with van der Waals surface area (Å²) in [5, 5.41) is 8.40. The van der Waals surface area contributed by atoms with E-state index in [-0.39, 0.29) is 17.9 Å². The summed E-state index contributed by atoms with van der Waals surface area (Å²) in [4.78, 5) is 13.1. The lowest BCUT2D eigenvalue weighted by molar-refractivity contribution is -0.143. The molecular weight excluding hydrogens is 152 g/mol. The molecule has 1 saturated carbocycles. The standard InChI is InChI=1S/C9H14N2O/c1-9(4-3-5-9)8(12)11(2)7-6-10/h3-5,7H2,1-2H3. The quantitative estimate of drug-likeness (QED) is 0.578. The van der Waals surface area contributed by atoms with Gasteiger partial charge in [0.05, 0.1) is 6.07 Å². The van der Waals surface area contributed by atoms with E-state index in [1.807, 2.05) is 13.0 Å². The second-order valence-corrected chi connectivity index (χ2v) is 3.73. The number of carbonyl (C=O) groups excluding carboxylic acids is 1. The Morgan fingerprint density at radius 3 is 2.58 bits per heavy atom. The Balaban J connectivity index is 2.52. The minimum atomic E-state index is -0.161. The molecule has 0 N–H and O–H groups in total. The van der Waals surface area contributed by atoms with Crippen molar-refractivity contribution < 1.29 is 4.79 Å². The second kappa shape index (κ2) is 3.14. The van der Waals surface area contributed by atoms with Crippen LogP contribution in [0, 0.1) is 16.7 Å². The zero-order valence-electron chi connectivity index (χ0n) is 7.63. The number of carbonyl (C=O) groups is 1. The van der Waals surface area contributed by atoms with Gasteiger partial charge in [0.1, 0.15) is 6.54 Å². The molecule has 12 heavy (non-hydrogen) atoms. The van der Waals surface area contributed by atoms with Crippen LogP contribution >= 0.6 is 0 Å². The van der Waals surface area contributed by atoms with Crippen molar-refractivity contribution >= 4 is 5.91 Å². The monoisotopic (exact) mass is 166 g/mol. The number of nitrogens with zero attached hydrogens (tertiary/aromatic N) is 2. The molecule has 0 aromatic carbocycles. The summed E-state index contributed by atoms with van der Waals surface area (Å²) in [6.07, 6.45) is 3.09. The Hall–Kier alpha value is -1.04. The Bertz CT molecular complexity index is 225. The highest BCUT2D eigenvalue weighted by Gasteiger charge is 2.40. The Morgan fingerprint density at radius 1 is 1.67 bits per heavy atom. The molecule has 1 fully saturated rings. The average molecular weight is 166 g/mol. The minimum Gasteiger partial charge on any atom is -0.332 e. The smallest absolute Gasteiger partial charge is 0.229 e. The van der Waals surface area contributed by atoms with Gasteiger partial charge in [-0.25, -0.2) is 0 Å². The van der Waals surface area contributed by atoms with Gasteiger partial charge in [-0.15, -0.1) is 0 Å². The third-order valence-electron chi connectivity index (χ3n) is 2.63. The number of rotatable bonds is 2. The highest BCUT2D eigenvalue weighted by atomic mass is 16.2. The van der Waals surface area contributed by atoms with E-state index in [1.165, 1.54) is 4.90 Å². The van der Waals surface area contributed by atoms with Crippen LogP contribution in [0.15, 0.2) is 0 Å². The molecule has 0 aromatic heterocycles. The maximum atomic E-state index is 11.6. The molecule has 0 radical (unpaired) electrons. The summed E-state index contributed by atoms with van der Waals surface area (Å²) in [6, 6.07) is 1.97. The lowest BCUT2D eigenvalue weighted by atomic mass is 9.69. The van der Waals surface area contributed by atoms with Gasteiger partial charge >= 0.3 is 0 Å². The molecule has 0 saturated heterocycles. The lowest BCUT2D eigenvalue weighted by Gasteiger charge is -2.38. The van der Waals surface area contributed by atoms with Crippen LogP contribution in [-0.4, -0.2) is 24.4 Å². The second-order valence-electron chi connectivity index (χ2n) is 3.73. The maximum Gasteiger partial charge on any atom is 0.229 e. The van der Waals surface area contributed by atoms with Crippen LogP contribution < -0.4 is 0 Å². The zero-order chi connectivity index (χ0) is 9.19. The highest BCUT2D eigenvalue weighted by Crippen LogP contribution is 2.41. The van der Waals surface area contributed by atoms with Crippen LogP contribution in [-0.2, 0) is 4.79 Å². The van der Waals surface area contributed by atoms with Gasteiger partial charge in [0.25, 0.3) is 0 Å². The third kappa shape index (κ3) is 1.42. The van der Waals surface area contributed by atoms with Crippen molar-refractivity contribution in [1.82, 2.24) is 4.90 Å². The molecule has 0 bridgehead atoms. The van der Waals surface area contributed by atoms with Gasteiger partial charge in [-0.3, -0.25) is 4.79 Å². The predicted molar refractivity (Wildman–Crippen MR) is 45.2 cm³/mol. The maximum absolute atomic E-state index is 11.6. The molecule has 1 amide bonds. The first-order chi connectivity index (χ1) is 5.60. The first-order valence-corrected chi connectivity index (χ1v) is 4.23. The molecule has 0 atom stereocenters. The molecule has 1 aliphatic rings. The van der Waals surface area contributed by atoms with Gasteiger partial charge in [0, 0.05) is 12.5 Å². The first-order valence-electron chi connectivity index (χ1n) is 4.23. The number of hydrogen-bond donors (Lipinski definition) is 0. The van der Waals surface area contributed by atoms with E-state index in [0.717, 1.165) is 19.3 Å².